The number of ether oxygens (including phenoxy) is 3. The molecule has 0 unspecified atom stereocenters. The summed E-state index contributed by atoms with van der Waals surface area (Å²) in [5, 5.41) is 11.1. The topological polar surface area (TPSA) is 127 Å². The lowest BCUT2D eigenvalue weighted by Gasteiger charge is -2.12. The van der Waals surface area contributed by atoms with Gasteiger partial charge in [0.1, 0.15) is 24.5 Å². The zero-order chi connectivity index (χ0) is 17.5. The van der Waals surface area contributed by atoms with Gasteiger partial charge in [0, 0.05) is 18.5 Å². The van der Waals surface area contributed by atoms with Crippen molar-refractivity contribution < 1.29 is 23.9 Å². The lowest BCUT2D eigenvalue weighted by Crippen LogP contribution is -2.15. The fraction of sp³-hybridized carbons (Fsp3) is 0.200. The standard InChI is InChI=1S/C15H15N3O6/c1-22-13-8-11(15(16)19)12(18(20)21)9-14(13)24-7-6-23-10-2-4-17-5-3-10/h2-5,8-9H,6-7H2,1H3,(H2,16,19). The minimum absolute atomic E-state index is 0.117. The Morgan fingerprint density at radius 1 is 1.21 bits per heavy atom. The summed E-state index contributed by atoms with van der Waals surface area (Å²) in [6.45, 7) is 0.324. The highest BCUT2D eigenvalue weighted by molar-refractivity contribution is 5.97. The second-order valence-corrected chi connectivity index (χ2v) is 4.52. The number of nitro groups is 1. The largest absolute Gasteiger partial charge is 0.493 e. The summed E-state index contributed by atoms with van der Waals surface area (Å²) in [7, 11) is 1.35. The number of nitro benzene ring substituents is 1. The molecule has 0 saturated heterocycles. The number of nitrogens with two attached hydrogens (primary N) is 1. The molecule has 2 aromatic rings. The highest BCUT2D eigenvalue weighted by Crippen LogP contribution is 2.34. The van der Waals surface area contributed by atoms with Crippen molar-refractivity contribution >= 4 is 11.6 Å². The molecule has 0 fully saturated rings. The van der Waals surface area contributed by atoms with Gasteiger partial charge >= 0.3 is 0 Å². The number of amides is 1. The van der Waals surface area contributed by atoms with Crippen LogP contribution >= 0.6 is 0 Å². The number of primary amides is 1. The first-order valence-corrected chi connectivity index (χ1v) is 6.84. The summed E-state index contributed by atoms with van der Waals surface area (Å²) in [5.74, 6) is -0.0194. The lowest BCUT2D eigenvalue weighted by atomic mass is 10.1. The van der Waals surface area contributed by atoms with Gasteiger partial charge in [-0.3, -0.25) is 19.9 Å². The molecule has 0 aliphatic rings. The van der Waals surface area contributed by atoms with Crippen LogP contribution in [0.5, 0.6) is 17.2 Å². The van der Waals surface area contributed by atoms with Crippen molar-refractivity contribution in [2.75, 3.05) is 20.3 Å². The highest BCUT2D eigenvalue weighted by atomic mass is 16.6. The summed E-state index contributed by atoms with van der Waals surface area (Å²) >= 11 is 0. The number of rotatable bonds is 8. The van der Waals surface area contributed by atoms with Crippen LogP contribution < -0.4 is 19.9 Å². The van der Waals surface area contributed by atoms with Crippen molar-refractivity contribution in [3.63, 3.8) is 0 Å². The van der Waals surface area contributed by atoms with Crippen LogP contribution in [0.1, 0.15) is 10.4 Å². The van der Waals surface area contributed by atoms with Crippen molar-refractivity contribution in [2.45, 2.75) is 0 Å². The second-order valence-electron chi connectivity index (χ2n) is 4.52. The van der Waals surface area contributed by atoms with Gasteiger partial charge in [-0.05, 0) is 12.1 Å². The molecule has 1 heterocycles. The highest BCUT2D eigenvalue weighted by Gasteiger charge is 2.23. The minimum Gasteiger partial charge on any atom is -0.493 e. The van der Waals surface area contributed by atoms with E-state index in [1.807, 2.05) is 0 Å². The Balaban J connectivity index is 2.09. The molecule has 0 radical (unpaired) electrons. The number of aromatic nitrogens is 1. The van der Waals surface area contributed by atoms with Gasteiger partial charge in [0.05, 0.1) is 18.1 Å². The number of carbonyl (C=O) groups excluding carboxylic acids is 1. The van der Waals surface area contributed by atoms with E-state index in [0.29, 0.717) is 5.75 Å². The third-order valence-corrected chi connectivity index (χ3v) is 3.00. The molecule has 126 valence electrons. The number of hydrogen-bond acceptors (Lipinski definition) is 7. The average Bonchev–Trinajstić information content (AvgIpc) is 2.58. The monoisotopic (exact) mass is 333 g/mol. The molecule has 1 aromatic heterocycles. The molecule has 2 N–H and O–H groups in total. The van der Waals surface area contributed by atoms with E-state index in [1.54, 1.807) is 24.5 Å². The van der Waals surface area contributed by atoms with Crippen molar-refractivity contribution in [3.05, 3.63) is 52.3 Å². The van der Waals surface area contributed by atoms with Gasteiger partial charge in [0.25, 0.3) is 11.6 Å². The normalized spacial score (nSPS) is 10.0. The maximum Gasteiger partial charge on any atom is 0.286 e. The lowest BCUT2D eigenvalue weighted by molar-refractivity contribution is -0.385. The van der Waals surface area contributed by atoms with Crippen LogP contribution in [-0.2, 0) is 0 Å². The third kappa shape index (κ3) is 4.09. The number of benzene rings is 1. The van der Waals surface area contributed by atoms with E-state index >= 15 is 0 Å². The summed E-state index contributed by atoms with van der Waals surface area (Å²) in [6.07, 6.45) is 3.18. The van der Waals surface area contributed by atoms with Gasteiger partial charge in [0.2, 0.25) is 0 Å². The second kappa shape index (κ2) is 7.77. The Morgan fingerprint density at radius 2 is 1.88 bits per heavy atom. The van der Waals surface area contributed by atoms with Crippen molar-refractivity contribution in [1.82, 2.24) is 4.98 Å². The van der Waals surface area contributed by atoms with Crippen LogP contribution in [-0.4, -0.2) is 36.1 Å². The molecule has 1 aromatic carbocycles. The fourth-order valence-electron chi connectivity index (χ4n) is 1.92. The van der Waals surface area contributed by atoms with E-state index in [-0.39, 0.29) is 30.3 Å². The van der Waals surface area contributed by atoms with Crippen molar-refractivity contribution in [3.8, 4) is 17.2 Å². The molecule has 9 nitrogen and oxygen atoms in total. The van der Waals surface area contributed by atoms with Gasteiger partial charge in [-0.1, -0.05) is 0 Å². The molecule has 0 aliphatic heterocycles. The quantitative estimate of drug-likeness (QED) is 0.441. The Labute approximate surface area is 137 Å². The van der Waals surface area contributed by atoms with Gasteiger partial charge in [-0.15, -0.1) is 0 Å². The maximum absolute atomic E-state index is 11.3. The summed E-state index contributed by atoms with van der Waals surface area (Å²) in [4.78, 5) is 25.5. The van der Waals surface area contributed by atoms with E-state index in [1.165, 1.54) is 13.2 Å². The summed E-state index contributed by atoms with van der Waals surface area (Å²) in [6, 6.07) is 5.66. The number of methoxy groups -OCH3 is 1. The van der Waals surface area contributed by atoms with Gasteiger partial charge in [0.15, 0.2) is 11.5 Å². The molecule has 9 heteroatoms. The van der Waals surface area contributed by atoms with Crippen LogP contribution in [0.3, 0.4) is 0 Å². The fourth-order valence-corrected chi connectivity index (χ4v) is 1.92. The van der Waals surface area contributed by atoms with Crippen molar-refractivity contribution in [1.29, 1.82) is 0 Å². The molecule has 0 atom stereocenters. The Bertz CT molecular complexity index is 735. The smallest absolute Gasteiger partial charge is 0.286 e. The number of pyridine rings is 1. The molecule has 1 amide bonds. The van der Waals surface area contributed by atoms with Crippen LogP contribution in [0.25, 0.3) is 0 Å². The predicted molar refractivity (Wildman–Crippen MR) is 83.4 cm³/mol. The number of hydrogen-bond donors (Lipinski definition) is 1. The molecule has 0 spiro atoms. The SMILES string of the molecule is COc1cc(C(N)=O)c([N+](=O)[O-])cc1OCCOc1ccncc1. The Kier molecular flexibility index (Phi) is 5.50. The van der Waals surface area contributed by atoms with Crippen molar-refractivity contribution in [2.24, 2.45) is 5.73 Å². The third-order valence-electron chi connectivity index (χ3n) is 3.00. The summed E-state index contributed by atoms with van der Waals surface area (Å²) in [5.41, 5.74) is 4.44. The predicted octanol–water partition coefficient (Wildman–Crippen LogP) is 1.56. The molecular weight excluding hydrogens is 318 g/mol. The molecule has 0 aliphatic carbocycles. The molecule has 0 bridgehead atoms. The van der Waals surface area contributed by atoms with Gasteiger partial charge < -0.3 is 19.9 Å². The summed E-state index contributed by atoms with van der Waals surface area (Å²) < 4.78 is 16.0. The van der Waals surface area contributed by atoms with E-state index in [9.17, 15) is 14.9 Å². The maximum atomic E-state index is 11.3. The van der Waals surface area contributed by atoms with E-state index in [2.05, 4.69) is 4.98 Å². The number of carbonyl (C=O) groups is 1. The van der Waals surface area contributed by atoms with E-state index in [4.69, 9.17) is 19.9 Å². The first kappa shape index (κ1) is 17.0. The molecule has 0 saturated carbocycles. The van der Waals surface area contributed by atoms with Crippen LogP contribution in [0.4, 0.5) is 5.69 Å². The van der Waals surface area contributed by atoms with Crippen LogP contribution in [0.2, 0.25) is 0 Å². The Morgan fingerprint density at radius 3 is 2.46 bits per heavy atom. The zero-order valence-electron chi connectivity index (χ0n) is 12.8. The van der Waals surface area contributed by atoms with Crippen LogP contribution in [0, 0.1) is 10.1 Å². The first-order valence-electron chi connectivity index (χ1n) is 6.84. The molecular formula is C15H15N3O6. The Hall–Kier alpha value is -3.36. The first-order chi connectivity index (χ1) is 11.5. The van der Waals surface area contributed by atoms with Crippen LogP contribution in [0.15, 0.2) is 36.7 Å². The number of nitrogens with zero attached hydrogens (tertiary/aromatic N) is 2. The van der Waals surface area contributed by atoms with Gasteiger partial charge in [-0.25, -0.2) is 0 Å². The zero-order valence-corrected chi connectivity index (χ0v) is 12.8. The van der Waals surface area contributed by atoms with E-state index < -0.39 is 16.5 Å². The van der Waals surface area contributed by atoms with Gasteiger partial charge in [-0.2, -0.15) is 0 Å². The van der Waals surface area contributed by atoms with E-state index in [0.717, 1.165) is 6.07 Å². The molecule has 24 heavy (non-hydrogen) atoms. The molecule has 2 rings (SSSR count). The minimum atomic E-state index is -0.924. The average molecular weight is 333 g/mol.